The Bertz CT molecular complexity index is 535. The summed E-state index contributed by atoms with van der Waals surface area (Å²) in [6, 6.07) is 2.56. The topological polar surface area (TPSA) is 17.1 Å². The number of halogens is 2. The third-order valence-electron chi connectivity index (χ3n) is 4.85. The van der Waals surface area contributed by atoms with Crippen molar-refractivity contribution >= 4 is 5.78 Å². The van der Waals surface area contributed by atoms with Crippen molar-refractivity contribution in [3.05, 3.63) is 34.9 Å². The number of aryl methyl sites for hydroxylation is 1. The van der Waals surface area contributed by atoms with Crippen molar-refractivity contribution in [2.24, 2.45) is 17.3 Å². The maximum Gasteiger partial charge on any atom is 0.171 e. The van der Waals surface area contributed by atoms with E-state index in [0.717, 1.165) is 25.7 Å². The van der Waals surface area contributed by atoms with Crippen molar-refractivity contribution in [3.63, 3.8) is 0 Å². The molecule has 1 aliphatic rings. The summed E-state index contributed by atoms with van der Waals surface area (Å²) in [5.41, 5.74) is 0.214. The molecule has 1 nitrogen and oxygen atoms in total. The summed E-state index contributed by atoms with van der Waals surface area (Å²) < 4.78 is 27.9. The normalized spacial score (nSPS) is 23.1. The molecule has 0 saturated heterocycles. The van der Waals surface area contributed by atoms with Crippen LogP contribution in [-0.4, -0.2) is 5.78 Å². The first-order valence-corrected chi connectivity index (χ1v) is 7.70. The molecular weight excluding hydrogens is 270 g/mol. The molecule has 0 amide bonds. The Morgan fingerprint density at radius 3 is 2.19 bits per heavy atom. The minimum atomic E-state index is -0.735. The van der Waals surface area contributed by atoms with Crippen LogP contribution in [0, 0.1) is 35.8 Å². The second-order valence-electron chi connectivity index (χ2n) is 7.33. The lowest BCUT2D eigenvalue weighted by atomic mass is 9.68. The van der Waals surface area contributed by atoms with Gasteiger partial charge < -0.3 is 0 Å². The second-order valence-corrected chi connectivity index (χ2v) is 7.33. The predicted octanol–water partition coefficient (Wildman–Crippen LogP) is 5.31. The Hall–Kier alpha value is -1.25. The molecule has 1 fully saturated rings. The number of carbonyl (C=O) groups excluding carboxylic acids is 1. The molecule has 0 spiro atoms. The van der Waals surface area contributed by atoms with Crippen molar-refractivity contribution in [3.8, 4) is 0 Å². The lowest BCUT2D eigenvalue weighted by molar-refractivity contribution is 0.0810. The van der Waals surface area contributed by atoms with E-state index in [2.05, 4.69) is 20.8 Å². The molecule has 0 atom stereocenters. The number of ketones is 1. The Labute approximate surface area is 125 Å². The van der Waals surface area contributed by atoms with Crippen LogP contribution in [0.3, 0.4) is 0 Å². The summed E-state index contributed by atoms with van der Waals surface area (Å²) >= 11 is 0. The number of hydrogen-bond donors (Lipinski definition) is 0. The van der Waals surface area contributed by atoms with Gasteiger partial charge in [0.1, 0.15) is 11.6 Å². The van der Waals surface area contributed by atoms with Crippen molar-refractivity contribution < 1.29 is 13.6 Å². The zero-order valence-corrected chi connectivity index (χ0v) is 13.3. The fraction of sp³-hybridized carbons (Fsp3) is 0.611. The fourth-order valence-corrected chi connectivity index (χ4v) is 3.31. The van der Waals surface area contributed by atoms with Crippen molar-refractivity contribution in [2.75, 3.05) is 0 Å². The molecule has 1 aliphatic carbocycles. The Morgan fingerprint density at radius 1 is 1.10 bits per heavy atom. The fourth-order valence-electron chi connectivity index (χ4n) is 3.31. The average molecular weight is 294 g/mol. The molecule has 0 aromatic heterocycles. The van der Waals surface area contributed by atoms with Crippen molar-refractivity contribution in [2.45, 2.75) is 53.4 Å². The van der Waals surface area contributed by atoms with E-state index in [9.17, 15) is 13.6 Å². The molecule has 1 aromatic carbocycles. The molecule has 0 radical (unpaired) electrons. The molecule has 0 bridgehead atoms. The largest absolute Gasteiger partial charge is 0.294 e. The molecule has 21 heavy (non-hydrogen) atoms. The molecule has 0 aliphatic heterocycles. The average Bonchev–Trinajstić information content (AvgIpc) is 2.42. The first kappa shape index (κ1) is 16.1. The lowest BCUT2D eigenvalue weighted by Gasteiger charge is -2.36. The van der Waals surface area contributed by atoms with E-state index in [1.165, 1.54) is 12.1 Å². The maximum absolute atomic E-state index is 14.1. The van der Waals surface area contributed by atoms with E-state index in [1.54, 1.807) is 6.92 Å². The number of rotatable bonds is 2. The quantitative estimate of drug-likeness (QED) is 0.676. The molecule has 1 saturated carbocycles. The van der Waals surface area contributed by atoms with Crippen molar-refractivity contribution in [1.29, 1.82) is 0 Å². The smallest absolute Gasteiger partial charge is 0.171 e. The summed E-state index contributed by atoms with van der Waals surface area (Å²) in [5.74, 6) is -1.46. The summed E-state index contributed by atoms with van der Waals surface area (Å²) in [6.07, 6.45) is 3.37. The number of benzene rings is 1. The van der Waals surface area contributed by atoms with Crippen LogP contribution in [0.15, 0.2) is 12.1 Å². The van der Waals surface area contributed by atoms with Gasteiger partial charge in [0.25, 0.3) is 0 Å². The zero-order chi connectivity index (χ0) is 15.8. The molecule has 0 N–H and O–H groups in total. The molecule has 116 valence electrons. The Balaban J connectivity index is 2.15. The van der Waals surface area contributed by atoms with E-state index >= 15 is 0 Å². The Morgan fingerprint density at radius 2 is 1.67 bits per heavy atom. The molecule has 1 aromatic rings. The highest BCUT2D eigenvalue weighted by Crippen LogP contribution is 2.41. The van der Waals surface area contributed by atoms with Crippen LogP contribution < -0.4 is 0 Å². The minimum Gasteiger partial charge on any atom is -0.294 e. The van der Waals surface area contributed by atoms with Crippen LogP contribution in [0.25, 0.3) is 0 Å². The minimum absolute atomic E-state index is 0.230. The van der Waals surface area contributed by atoms with E-state index < -0.39 is 11.6 Å². The van der Waals surface area contributed by atoms with Crippen LogP contribution in [0.1, 0.15) is 62.4 Å². The monoisotopic (exact) mass is 294 g/mol. The van der Waals surface area contributed by atoms with Gasteiger partial charge in [-0.25, -0.2) is 8.78 Å². The summed E-state index contributed by atoms with van der Waals surface area (Å²) in [7, 11) is 0. The summed E-state index contributed by atoms with van der Waals surface area (Å²) in [4.78, 5) is 12.5. The SMILES string of the molecule is Cc1ccc(F)c(C(=O)C2CCC(C(C)(C)C)CC2)c1F. The highest BCUT2D eigenvalue weighted by molar-refractivity contribution is 5.98. The van der Waals surface area contributed by atoms with E-state index in [-0.39, 0.29) is 22.7 Å². The summed E-state index contributed by atoms with van der Waals surface area (Å²) in [6.45, 7) is 8.18. The molecule has 0 heterocycles. The molecule has 3 heteroatoms. The zero-order valence-electron chi connectivity index (χ0n) is 13.3. The number of carbonyl (C=O) groups is 1. The van der Waals surface area contributed by atoms with Crippen LogP contribution in [-0.2, 0) is 0 Å². The Kier molecular flexibility index (Phi) is 4.50. The standard InChI is InChI=1S/C18H24F2O/c1-11-5-10-14(19)15(16(11)20)17(21)12-6-8-13(9-7-12)18(2,3)4/h5,10,12-13H,6-9H2,1-4H3. The second kappa shape index (κ2) is 5.86. The van der Waals surface area contributed by atoms with Gasteiger partial charge >= 0.3 is 0 Å². The van der Waals surface area contributed by atoms with Gasteiger partial charge in [-0.05, 0) is 55.6 Å². The number of hydrogen-bond acceptors (Lipinski definition) is 1. The third kappa shape index (κ3) is 3.33. The van der Waals surface area contributed by atoms with Crippen LogP contribution in [0.4, 0.5) is 8.78 Å². The van der Waals surface area contributed by atoms with Gasteiger partial charge in [0.2, 0.25) is 0 Å². The van der Waals surface area contributed by atoms with Crippen LogP contribution >= 0.6 is 0 Å². The number of Topliss-reactive ketones (excluding diaryl/α,β-unsaturated/α-hetero) is 1. The molecule has 2 rings (SSSR count). The van der Waals surface area contributed by atoms with E-state index in [0.29, 0.717) is 11.5 Å². The van der Waals surface area contributed by atoms with Crippen LogP contribution in [0.5, 0.6) is 0 Å². The maximum atomic E-state index is 14.1. The first-order valence-electron chi connectivity index (χ1n) is 7.70. The highest BCUT2D eigenvalue weighted by Gasteiger charge is 2.34. The van der Waals surface area contributed by atoms with Crippen molar-refractivity contribution in [1.82, 2.24) is 0 Å². The van der Waals surface area contributed by atoms with Gasteiger partial charge in [-0.15, -0.1) is 0 Å². The first-order chi connectivity index (χ1) is 9.71. The van der Waals surface area contributed by atoms with E-state index in [1.807, 2.05) is 0 Å². The van der Waals surface area contributed by atoms with E-state index in [4.69, 9.17) is 0 Å². The highest BCUT2D eigenvalue weighted by atomic mass is 19.1. The van der Waals surface area contributed by atoms with Gasteiger partial charge in [0, 0.05) is 5.92 Å². The van der Waals surface area contributed by atoms with Gasteiger partial charge in [0.05, 0.1) is 5.56 Å². The van der Waals surface area contributed by atoms with Crippen LogP contribution in [0.2, 0.25) is 0 Å². The summed E-state index contributed by atoms with van der Waals surface area (Å²) in [5, 5.41) is 0. The van der Waals surface area contributed by atoms with Gasteiger partial charge in [-0.2, -0.15) is 0 Å². The lowest BCUT2D eigenvalue weighted by Crippen LogP contribution is -2.29. The third-order valence-corrected chi connectivity index (χ3v) is 4.85. The van der Waals surface area contributed by atoms with Gasteiger partial charge in [-0.1, -0.05) is 26.8 Å². The molecule has 0 unspecified atom stereocenters. The predicted molar refractivity (Wildman–Crippen MR) is 80.3 cm³/mol. The van der Waals surface area contributed by atoms with Gasteiger partial charge in [0.15, 0.2) is 5.78 Å². The van der Waals surface area contributed by atoms with Gasteiger partial charge in [-0.3, -0.25) is 4.79 Å². The molecular formula is C18H24F2O.